The lowest BCUT2D eigenvalue weighted by molar-refractivity contribution is 0.105. The lowest BCUT2D eigenvalue weighted by atomic mass is 9.77. The zero-order valence-corrected chi connectivity index (χ0v) is 15.7. The third kappa shape index (κ3) is 6.20. The van der Waals surface area contributed by atoms with Gasteiger partial charge in [0.25, 0.3) is 0 Å². The molecule has 1 saturated heterocycles. The first-order valence-corrected chi connectivity index (χ1v) is 10.0. The van der Waals surface area contributed by atoms with Gasteiger partial charge in [-0.25, -0.2) is 0 Å². The predicted molar refractivity (Wildman–Crippen MR) is 97.3 cm³/mol. The second-order valence-electron chi connectivity index (χ2n) is 8.63. The molecule has 130 valence electrons. The van der Waals surface area contributed by atoms with Crippen molar-refractivity contribution < 1.29 is 0 Å². The second-order valence-corrected chi connectivity index (χ2v) is 8.63. The fraction of sp³-hybridized carbons (Fsp3) is 1.00. The average Bonchev–Trinajstić information content (AvgIpc) is 2.49. The first kappa shape index (κ1) is 18.3. The van der Waals surface area contributed by atoms with E-state index in [1.807, 2.05) is 0 Å². The predicted octanol–water partition coefficient (Wildman–Crippen LogP) is 4.65. The Morgan fingerprint density at radius 1 is 0.818 bits per heavy atom. The average molecular weight is 309 g/mol. The van der Waals surface area contributed by atoms with Crippen LogP contribution in [0.3, 0.4) is 0 Å². The van der Waals surface area contributed by atoms with E-state index in [0.717, 1.165) is 23.8 Å². The van der Waals surface area contributed by atoms with Crippen LogP contribution in [0, 0.1) is 17.8 Å². The molecular weight excluding hydrogens is 268 g/mol. The zero-order valence-electron chi connectivity index (χ0n) is 15.7. The summed E-state index contributed by atoms with van der Waals surface area (Å²) >= 11 is 0. The molecular formula is C20H40N2. The van der Waals surface area contributed by atoms with Crippen LogP contribution in [0.5, 0.6) is 0 Å². The molecule has 1 saturated carbocycles. The summed E-state index contributed by atoms with van der Waals surface area (Å²) in [6.07, 6.45) is 10.4. The third-order valence-electron chi connectivity index (χ3n) is 5.99. The van der Waals surface area contributed by atoms with Gasteiger partial charge in [-0.2, -0.15) is 0 Å². The molecule has 0 spiro atoms. The van der Waals surface area contributed by atoms with E-state index < -0.39 is 0 Å². The van der Waals surface area contributed by atoms with E-state index in [2.05, 4.69) is 37.5 Å². The minimum Gasteiger partial charge on any atom is -0.301 e. The normalized spacial score (nSPS) is 28.6. The second kappa shape index (κ2) is 9.27. The molecule has 0 bridgehead atoms. The van der Waals surface area contributed by atoms with E-state index in [0.29, 0.717) is 0 Å². The van der Waals surface area contributed by atoms with E-state index in [1.165, 1.54) is 77.7 Å². The molecule has 1 aliphatic heterocycles. The maximum Gasteiger partial charge on any atom is 0.0113 e. The molecule has 1 heterocycles. The Morgan fingerprint density at radius 2 is 1.41 bits per heavy atom. The van der Waals surface area contributed by atoms with Gasteiger partial charge in [-0.15, -0.1) is 0 Å². The van der Waals surface area contributed by atoms with E-state index in [4.69, 9.17) is 0 Å². The van der Waals surface area contributed by atoms with Gasteiger partial charge in [-0.05, 0) is 57.4 Å². The number of hydrogen-bond donors (Lipinski definition) is 0. The van der Waals surface area contributed by atoms with Crippen molar-refractivity contribution in [1.29, 1.82) is 0 Å². The molecule has 0 atom stereocenters. The monoisotopic (exact) mass is 308 g/mol. The van der Waals surface area contributed by atoms with E-state index in [1.54, 1.807) is 0 Å². The van der Waals surface area contributed by atoms with Crippen LogP contribution in [0.4, 0.5) is 0 Å². The fourth-order valence-electron chi connectivity index (χ4n) is 4.53. The molecule has 0 N–H and O–H groups in total. The molecule has 2 aliphatic rings. The standard InChI is InChI=1S/C20H40N2/c1-17(2)16-20-9-7-19(8-10-20)6-5-11-21-12-14-22(15-13-21)18(3)4/h17-20H,5-16H2,1-4H3. The quantitative estimate of drug-likeness (QED) is 0.676. The highest BCUT2D eigenvalue weighted by atomic mass is 15.3. The molecule has 22 heavy (non-hydrogen) atoms. The van der Waals surface area contributed by atoms with Crippen LogP contribution in [0.1, 0.15) is 72.6 Å². The lowest BCUT2D eigenvalue weighted by Gasteiger charge is -2.37. The molecule has 0 amide bonds. The minimum atomic E-state index is 0.725. The number of rotatable bonds is 7. The van der Waals surface area contributed by atoms with Crippen LogP contribution in [0.25, 0.3) is 0 Å². The van der Waals surface area contributed by atoms with E-state index in [-0.39, 0.29) is 0 Å². The number of piperazine rings is 1. The molecule has 0 radical (unpaired) electrons. The number of hydrogen-bond acceptors (Lipinski definition) is 2. The maximum atomic E-state index is 2.70. The first-order valence-electron chi connectivity index (χ1n) is 10.0. The molecule has 0 aromatic rings. The lowest BCUT2D eigenvalue weighted by Crippen LogP contribution is -2.48. The topological polar surface area (TPSA) is 6.48 Å². The van der Waals surface area contributed by atoms with E-state index in [9.17, 15) is 0 Å². The Balaban J connectivity index is 1.53. The summed E-state index contributed by atoms with van der Waals surface area (Å²) < 4.78 is 0. The molecule has 0 aromatic carbocycles. The molecule has 0 unspecified atom stereocenters. The Labute approximate surface area is 139 Å². The van der Waals surface area contributed by atoms with Gasteiger partial charge in [-0.3, -0.25) is 4.90 Å². The van der Waals surface area contributed by atoms with Crippen LogP contribution in [0.15, 0.2) is 0 Å². The van der Waals surface area contributed by atoms with Gasteiger partial charge in [0.15, 0.2) is 0 Å². The highest BCUT2D eigenvalue weighted by Gasteiger charge is 2.22. The van der Waals surface area contributed by atoms with Crippen LogP contribution in [-0.4, -0.2) is 48.6 Å². The largest absolute Gasteiger partial charge is 0.301 e. The number of nitrogens with zero attached hydrogens (tertiary/aromatic N) is 2. The zero-order chi connectivity index (χ0) is 15.9. The summed E-state index contributed by atoms with van der Waals surface area (Å²) in [7, 11) is 0. The smallest absolute Gasteiger partial charge is 0.0113 e. The van der Waals surface area contributed by atoms with Crippen molar-refractivity contribution in [3.05, 3.63) is 0 Å². The van der Waals surface area contributed by atoms with Crippen molar-refractivity contribution in [2.24, 2.45) is 17.8 Å². The molecule has 2 heteroatoms. The SMILES string of the molecule is CC(C)CC1CCC(CCCN2CCN(C(C)C)CC2)CC1. The van der Waals surface area contributed by atoms with Gasteiger partial charge in [0.1, 0.15) is 0 Å². The van der Waals surface area contributed by atoms with Crippen molar-refractivity contribution in [3.8, 4) is 0 Å². The highest BCUT2D eigenvalue weighted by Crippen LogP contribution is 2.34. The molecule has 2 fully saturated rings. The van der Waals surface area contributed by atoms with Gasteiger partial charge in [-0.1, -0.05) is 39.5 Å². The summed E-state index contributed by atoms with van der Waals surface area (Å²) in [5.41, 5.74) is 0. The Morgan fingerprint density at radius 3 is 1.95 bits per heavy atom. The maximum absolute atomic E-state index is 2.70. The van der Waals surface area contributed by atoms with Crippen LogP contribution < -0.4 is 0 Å². The summed E-state index contributed by atoms with van der Waals surface area (Å²) in [5, 5.41) is 0. The van der Waals surface area contributed by atoms with Gasteiger partial charge in [0.2, 0.25) is 0 Å². The van der Waals surface area contributed by atoms with Crippen LogP contribution >= 0.6 is 0 Å². The van der Waals surface area contributed by atoms with Crippen molar-refractivity contribution in [3.63, 3.8) is 0 Å². The summed E-state index contributed by atoms with van der Waals surface area (Å²) in [5.74, 6) is 2.98. The van der Waals surface area contributed by atoms with Crippen molar-refractivity contribution in [2.45, 2.75) is 78.7 Å². The van der Waals surface area contributed by atoms with Crippen molar-refractivity contribution >= 4 is 0 Å². The minimum absolute atomic E-state index is 0.725. The van der Waals surface area contributed by atoms with E-state index >= 15 is 0 Å². The Bertz CT molecular complexity index is 284. The molecule has 1 aliphatic carbocycles. The molecule has 2 rings (SSSR count). The summed E-state index contributed by atoms with van der Waals surface area (Å²) in [4.78, 5) is 5.32. The molecule has 0 aromatic heterocycles. The molecule has 2 nitrogen and oxygen atoms in total. The van der Waals surface area contributed by atoms with Crippen LogP contribution in [-0.2, 0) is 0 Å². The van der Waals surface area contributed by atoms with Gasteiger partial charge in [0, 0.05) is 32.2 Å². The van der Waals surface area contributed by atoms with Gasteiger partial charge in [0.05, 0.1) is 0 Å². The van der Waals surface area contributed by atoms with Crippen molar-refractivity contribution in [1.82, 2.24) is 9.80 Å². The van der Waals surface area contributed by atoms with Gasteiger partial charge < -0.3 is 4.90 Å². The third-order valence-corrected chi connectivity index (χ3v) is 5.99. The van der Waals surface area contributed by atoms with Gasteiger partial charge >= 0.3 is 0 Å². The van der Waals surface area contributed by atoms with Crippen LogP contribution in [0.2, 0.25) is 0 Å². The fourth-order valence-corrected chi connectivity index (χ4v) is 4.53. The summed E-state index contributed by atoms with van der Waals surface area (Å²) in [6, 6.07) is 0.725. The van der Waals surface area contributed by atoms with Crippen molar-refractivity contribution in [2.75, 3.05) is 32.7 Å². The Kier molecular flexibility index (Phi) is 7.70. The highest BCUT2D eigenvalue weighted by molar-refractivity contribution is 4.76. The summed E-state index contributed by atoms with van der Waals surface area (Å²) in [6.45, 7) is 15.9. The first-order chi connectivity index (χ1) is 10.5. The Hall–Kier alpha value is -0.0800.